The Kier molecular flexibility index (Phi) is 2.47. The van der Waals surface area contributed by atoms with Crippen molar-refractivity contribution in [2.45, 2.75) is 18.9 Å². The average Bonchev–Trinajstić information content (AvgIpc) is 2.85. The Morgan fingerprint density at radius 1 is 1.46 bits per heavy atom. The number of rotatable bonds is 2. The number of benzene rings is 1. The van der Waals surface area contributed by atoms with Gasteiger partial charge in [0.15, 0.2) is 0 Å². The van der Waals surface area contributed by atoms with Gasteiger partial charge in [-0.25, -0.2) is 0 Å². The summed E-state index contributed by atoms with van der Waals surface area (Å²) in [7, 11) is 0. The van der Waals surface area contributed by atoms with Crippen molar-refractivity contribution >= 4 is 22.6 Å². The van der Waals surface area contributed by atoms with Gasteiger partial charge in [0, 0.05) is 15.2 Å². The lowest BCUT2D eigenvalue weighted by atomic mass is 10.0. The number of nitrogens with two attached hydrogens (primary N) is 1. The molecule has 0 saturated heterocycles. The first-order chi connectivity index (χ1) is 6.18. The van der Waals surface area contributed by atoms with E-state index in [2.05, 4.69) is 22.6 Å². The maximum Gasteiger partial charge on any atom is 0.121 e. The SMILES string of the molecule is N[C@H](c1ccc(I)cc1O)C1CC1. The highest BCUT2D eigenvalue weighted by Crippen LogP contribution is 2.41. The molecule has 1 saturated carbocycles. The first-order valence-electron chi connectivity index (χ1n) is 4.42. The smallest absolute Gasteiger partial charge is 0.121 e. The Bertz CT molecular complexity index is 323. The molecule has 0 aliphatic heterocycles. The quantitative estimate of drug-likeness (QED) is 0.821. The largest absolute Gasteiger partial charge is 0.508 e. The highest BCUT2D eigenvalue weighted by molar-refractivity contribution is 14.1. The predicted octanol–water partition coefficient (Wildman–Crippen LogP) is 2.41. The Balaban J connectivity index is 2.28. The first kappa shape index (κ1) is 9.27. The van der Waals surface area contributed by atoms with Crippen LogP contribution in [0.5, 0.6) is 5.75 Å². The third kappa shape index (κ3) is 1.96. The van der Waals surface area contributed by atoms with E-state index in [1.54, 1.807) is 6.07 Å². The van der Waals surface area contributed by atoms with Crippen molar-refractivity contribution in [3.8, 4) is 5.75 Å². The van der Waals surface area contributed by atoms with Crippen LogP contribution in [-0.4, -0.2) is 5.11 Å². The number of hydrogen-bond donors (Lipinski definition) is 2. The molecule has 1 aliphatic rings. The second kappa shape index (κ2) is 3.46. The van der Waals surface area contributed by atoms with Gasteiger partial charge in [0.05, 0.1) is 0 Å². The first-order valence-corrected chi connectivity index (χ1v) is 5.50. The third-order valence-corrected chi connectivity index (χ3v) is 3.15. The van der Waals surface area contributed by atoms with Gasteiger partial charge in [-0.15, -0.1) is 0 Å². The topological polar surface area (TPSA) is 46.2 Å². The van der Waals surface area contributed by atoms with Crippen LogP contribution in [0.15, 0.2) is 18.2 Å². The highest BCUT2D eigenvalue weighted by atomic mass is 127. The minimum absolute atomic E-state index is 0.0250. The highest BCUT2D eigenvalue weighted by Gasteiger charge is 2.30. The zero-order valence-corrected chi connectivity index (χ0v) is 9.36. The van der Waals surface area contributed by atoms with E-state index in [1.807, 2.05) is 12.1 Å². The van der Waals surface area contributed by atoms with Crippen LogP contribution in [0.1, 0.15) is 24.4 Å². The average molecular weight is 289 g/mol. The molecule has 1 atom stereocenters. The van der Waals surface area contributed by atoms with E-state index in [-0.39, 0.29) is 6.04 Å². The van der Waals surface area contributed by atoms with Crippen molar-refractivity contribution in [2.75, 3.05) is 0 Å². The van der Waals surface area contributed by atoms with Crippen molar-refractivity contribution in [3.63, 3.8) is 0 Å². The summed E-state index contributed by atoms with van der Waals surface area (Å²) in [6.07, 6.45) is 2.40. The van der Waals surface area contributed by atoms with E-state index in [4.69, 9.17) is 5.73 Å². The fourth-order valence-electron chi connectivity index (χ4n) is 1.51. The summed E-state index contributed by atoms with van der Waals surface area (Å²) in [5.74, 6) is 0.928. The summed E-state index contributed by atoms with van der Waals surface area (Å²) in [5, 5.41) is 9.65. The molecule has 0 spiro atoms. The zero-order valence-electron chi connectivity index (χ0n) is 7.20. The van der Waals surface area contributed by atoms with Crippen LogP contribution < -0.4 is 5.73 Å². The molecular formula is C10H12INO. The molecule has 70 valence electrons. The number of halogens is 1. The monoisotopic (exact) mass is 289 g/mol. The number of hydrogen-bond acceptors (Lipinski definition) is 2. The second-order valence-corrected chi connectivity index (χ2v) is 4.81. The van der Waals surface area contributed by atoms with Crippen LogP contribution in [0.25, 0.3) is 0 Å². The maximum absolute atomic E-state index is 9.65. The van der Waals surface area contributed by atoms with E-state index in [1.165, 1.54) is 12.8 Å². The van der Waals surface area contributed by atoms with E-state index in [0.29, 0.717) is 11.7 Å². The Morgan fingerprint density at radius 3 is 2.69 bits per heavy atom. The van der Waals surface area contributed by atoms with Crippen LogP contribution in [0.2, 0.25) is 0 Å². The minimum Gasteiger partial charge on any atom is -0.508 e. The summed E-state index contributed by atoms with van der Waals surface area (Å²) >= 11 is 2.18. The molecule has 1 fully saturated rings. The lowest BCUT2D eigenvalue weighted by Crippen LogP contribution is -2.12. The van der Waals surface area contributed by atoms with E-state index < -0.39 is 0 Å². The summed E-state index contributed by atoms with van der Waals surface area (Å²) in [6.45, 7) is 0. The van der Waals surface area contributed by atoms with Crippen molar-refractivity contribution in [3.05, 3.63) is 27.3 Å². The van der Waals surface area contributed by atoms with Gasteiger partial charge in [-0.3, -0.25) is 0 Å². The molecule has 0 unspecified atom stereocenters. The van der Waals surface area contributed by atoms with Gasteiger partial charge in [0.2, 0.25) is 0 Å². The standard InChI is InChI=1S/C10H12INO/c11-7-3-4-8(9(13)5-7)10(12)6-1-2-6/h3-6,10,13H,1-2,12H2/t10-/m0/s1. The number of phenols is 1. The molecule has 1 aliphatic carbocycles. The van der Waals surface area contributed by atoms with Crippen LogP contribution >= 0.6 is 22.6 Å². The molecule has 13 heavy (non-hydrogen) atoms. The van der Waals surface area contributed by atoms with E-state index in [9.17, 15) is 5.11 Å². The molecule has 0 heterocycles. The Labute approximate surface area is 91.3 Å². The molecular weight excluding hydrogens is 277 g/mol. The van der Waals surface area contributed by atoms with Crippen LogP contribution in [0.4, 0.5) is 0 Å². The predicted molar refractivity (Wildman–Crippen MR) is 60.5 cm³/mol. The Morgan fingerprint density at radius 2 is 2.15 bits per heavy atom. The van der Waals surface area contributed by atoms with Gasteiger partial charge in [-0.2, -0.15) is 0 Å². The van der Waals surface area contributed by atoms with E-state index in [0.717, 1.165) is 9.13 Å². The fraction of sp³-hybridized carbons (Fsp3) is 0.400. The molecule has 1 aromatic rings. The van der Waals surface area contributed by atoms with Crippen molar-refractivity contribution in [1.82, 2.24) is 0 Å². The molecule has 3 N–H and O–H groups in total. The van der Waals surface area contributed by atoms with Crippen molar-refractivity contribution < 1.29 is 5.11 Å². The van der Waals surface area contributed by atoms with Gasteiger partial charge >= 0.3 is 0 Å². The molecule has 0 amide bonds. The molecule has 1 aromatic carbocycles. The molecule has 0 aromatic heterocycles. The van der Waals surface area contributed by atoms with Crippen LogP contribution in [-0.2, 0) is 0 Å². The fourth-order valence-corrected chi connectivity index (χ4v) is 1.98. The lowest BCUT2D eigenvalue weighted by Gasteiger charge is -2.12. The maximum atomic E-state index is 9.65. The second-order valence-electron chi connectivity index (χ2n) is 3.57. The Hall–Kier alpha value is -0.290. The number of aromatic hydroxyl groups is 1. The summed E-state index contributed by atoms with van der Waals surface area (Å²) in [4.78, 5) is 0. The van der Waals surface area contributed by atoms with Crippen molar-refractivity contribution in [1.29, 1.82) is 0 Å². The van der Waals surface area contributed by atoms with Gasteiger partial charge in [0.25, 0.3) is 0 Å². The summed E-state index contributed by atoms with van der Waals surface area (Å²) in [6, 6.07) is 5.70. The molecule has 0 bridgehead atoms. The van der Waals surface area contributed by atoms with Crippen LogP contribution in [0.3, 0.4) is 0 Å². The number of phenolic OH excluding ortho intramolecular Hbond substituents is 1. The normalized spacial score (nSPS) is 18.6. The molecule has 3 heteroatoms. The third-order valence-electron chi connectivity index (χ3n) is 2.48. The molecule has 2 rings (SSSR count). The summed E-state index contributed by atoms with van der Waals surface area (Å²) < 4.78 is 1.04. The minimum atomic E-state index is 0.0250. The summed E-state index contributed by atoms with van der Waals surface area (Å²) in [5.41, 5.74) is 6.88. The van der Waals surface area contributed by atoms with Gasteiger partial charge < -0.3 is 10.8 Å². The van der Waals surface area contributed by atoms with Gasteiger partial charge in [-0.05, 0) is 53.5 Å². The van der Waals surface area contributed by atoms with Crippen LogP contribution in [0, 0.1) is 9.49 Å². The zero-order chi connectivity index (χ0) is 9.42. The van der Waals surface area contributed by atoms with Crippen molar-refractivity contribution in [2.24, 2.45) is 11.7 Å². The van der Waals surface area contributed by atoms with Gasteiger partial charge in [0.1, 0.15) is 5.75 Å². The lowest BCUT2D eigenvalue weighted by molar-refractivity contribution is 0.456. The van der Waals surface area contributed by atoms with E-state index >= 15 is 0 Å². The van der Waals surface area contributed by atoms with Gasteiger partial charge in [-0.1, -0.05) is 6.07 Å². The molecule has 0 radical (unpaired) electrons. The molecule has 2 nitrogen and oxygen atoms in total.